The summed E-state index contributed by atoms with van der Waals surface area (Å²) in [6.07, 6.45) is -5.14. The van der Waals surface area contributed by atoms with Crippen LogP contribution >= 0.6 is 15.9 Å². The zero-order valence-corrected chi connectivity index (χ0v) is 12.8. The van der Waals surface area contributed by atoms with E-state index in [0.717, 1.165) is 7.11 Å². The van der Waals surface area contributed by atoms with Crippen LogP contribution in [0.3, 0.4) is 0 Å². The van der Waals surface area contributed by atoms with Crippen LogP contribution in [0.2, 0.25) is 0 Å². The van der Waals surface area contributed by atoms with E-state index in [-0.39, 0.29) is 16.2 Å². The minimum atomic E-state index is -5.14. The van der Waals surface area contributed by atoms with Gasteiger partial charge in [0.15, 0.2) is 0 Å². The number of hydrogen-bond donors (Lipinski definition) is 0. The SMILES string of the molecule is COC(=O)C1=C(C(F)(F)F)ON2C(=O)c3ccc(Br)cc3C12[O-]. The Morgan fingerprint density at radius 1 is 1.43 bits per heavy atom. The molecule has 2 heterocycles. The highest BCUT2D eigenvalue weighted by molar-refractivity contribution is 9.10. The molecule has 2 aliphatic heterocycles. The van der Waals surface area contributed by atoms with Gasteiger partial charge in [0.05, 0.1) is 12.8 Å². The van der Waals surface area contributed by atoms with Gasteiger partial charge in [-0.2, -0.15) is 18.2 Å². The molecule has 0 fully saturated rings. The van der Waals surface area contributed by atoms with Gasteiger partial charge in [-0.25, -0.2) is 4.79 Å². The van der Waals surface area contributed by atoms with Gasteiger partial charge in [0, 0.05) is 10.0 Å². The Balaban J connectivity index is 2.32. The molecule has 0 aliphatic carbocycles. The fraction of sp³-hybridized carbons (Fsp3) is 0.231. The molecule has 1 aromatic carbocycles. The first-order valence-electron chi connectivity index (χ1n) is 6.05. The van der Waals surface area contributed by atoms with E-state index in [1.807, 2.05) is 0 Å². The van der Waals surface area contributed by atoms with Crippen molar-refractivity contribution in [2.45, 2.75) is 11.9 Å². The summed E-state index contributed by atoms with van der Waals surface area (Å²) in [7, 11) is 0.827. The predicted octanol–water partition coefficient (Wildman–Crippen LogP) is 1.35. The van der Waals surface area contributed by atoms with Gasteiger partial charge in [0.25, 0.3) is 5.91 Å². The number of nitrogens with zero attached hydrogens (tertiary/aromatic N) is 1. The lowest BCUT2D eigenvalue weighted by Crippen LogP contribution is -2.52. The van der Waals surface area contributed by atoms with E-state index in [4.69, 9.17) is 0 Å². The maximum atomic E-state index is 13.1. The smallest absolute Gasteiger partial charge is 0.452 e. The average molecular weight is 393 g/mol. The number of methoxy groups -OCH3 is 1. The number of allylic oxidation sites excluding steroid dienone is 1. The second-order valence-electron chi connectivity index (χ2n) is 4.72. The summed E-state index contributed by atoms with van der Waals surface area (Å²) < 4.78 is 43.9. The zero-order valence-electron chi connectivity index (χ0n) is 11.2. The number of carbonyl (C=O) groups excluding carboxylic acids is 2. The van der Waals surface area contributed by atoms with Gasteiger partial charge in [0.1, 0.15) is 5.57 Å². The Labute approximate surface area is 135 Å². The van der Waals surface area contributed by atoms with Crippen LogP contribution in [0, 0.1) is 0 Å². The number of fused-ring (bicyclic) bond motifs is 3. The Morgan fingerprint density at radius 2 is 2.09 bits per heavy atom. The number of hydroxylamine groups is 2. The van der Waals surface area contributed by atoms with Gasteiger partial charge in [-0.05, 0) is 23.8 Å². The van der Waals surface area contributed by atoms with Crippen LogP contribution in [0.5, 0.6) is 0 Å². The quantitative estimate of drug-likeness (QED) is 0.674. The fourth-order valence-corrected chi connectivity index (χ4v) is 2.87. The molecular weight excluding hydrogens is 387 g/mol. The lowest BCUT2D eigenvalue weighted by molar-refractivity contribution is -0.524. The Bertz CT molecular complexity index is 775. The number of rotatable bonds is 1. The van der Waals surface area contributed by atoms with E-state index in [0.29, 0.717) is 4.47 Å². The lowest BCUT2D eigenvalue weighted by Gasteiger charge is -2.37. The van der Waals surface area contributed by atoms with Crippen molar-refractivity contribution in [2.75, 3.05) is 7.11 Å². The Hall–Kier alpha value is -2.07. The van der Waals surface area contributed by atoms with Crippen molar-refractivity contribution >= 4 is 27.8 Å². The van der Waals surface area contributed by atoms with Gasteiger partial charge in [-0.3, -0.25) is 4.79 Å². The summed E-state index contributed by atoms with van der Waals surface area (Å²) in [5.41, 5.74) is -4.74. The number of ether oxygens (including phenoxy) is 1. The van der Waals surface area contributed by atoms with Crippen molar-refractivity contribution in [3.8, 4) is 0 Å². The third kappa shape index (κ3) is 1.98. The third-order valence-corrected chi connectivity index (χ3v) is 3.94. The largest absolute Gasteiger partial charge is 0.823 e. The molecule has 2 aliphatic rings. The van der Waals surface area contributed by atoms with E-state index < -0.39 is 35.1 Å². The van der Waals surface area contributed by atoms with Crippen LogP contribution in [0.4, 0.5) is 13.2 Å². The second-order valence-corrected chi connectivity index (χ2v) is 5.63. The van der Waals surface area contributed by atoms with E-state index in [1.54, 1.807) is 0 Å². The highest BCUT2D eigenvalue weighted by Crippen LogP contribution is 2.50. The highest BCUT2D eigenvalue weighted by Gasteiger charge is 2.60. The summed E-state index contributed by atoms with van der Waals surface area (Å²) >= 11 is 3.07. The zero-order chi connectivity index (χ0) is 17.2. The molecule has 1 amide bonds. The maximum absolute atomic E-state index is 13.1. The third-order valence-electron chi connectivity index (χ3n) is 3.44. The van der Waals surface area contributed by atoms with E-state index in [1.165, 1.54) is 18.2 Å². The first kappa shape index (κ1) is 15.8. The maximum Gasteiger partial charge on any atom is 0.452 e. The molecule has 122 valence electrons. The van der Waals surface area contributed by atoms with Crippen LogP contribution in [-0.4, -0.2) is 30.2 Å². The normalized spacial score (nSPS) is 22.9. The molecule has 1 atom stereocenters. The molecule has 1 unspecified atom stereocenters. The molecule has 10 heteroatoms. The molecule has 1 aromatic rings. The summed E-state index contributed by atoms with van der Waals surface area (Å²) in [4.78, 5) is 28.4. The predicted molar refractivity (Wildman–Crippen MR) is 68.2 cm³/mol. The van der Waals surface area contributed by atoms with Crippen molar-refractivity contribution in [3.05, 3.63) is 45.1 Å². The van der Waals surface area contributed by atoms with Crippen LogP contribution in [0.15, 0.2) is 34.0 Å². The molecular formula is C13H6BrF3NO5-. The number of esters is 1. The summed E-state index contributed by atoms with van der Waals surface area (Å²) in [6, 6.07) is 3.87. The molecule has 0 N–H and O–H groups in total. The Morgan fingerprint density at radius 3 is 2.65 bits per heavy atom. The molecule has 3 rings (SSSR count). The van der Waals surface area contributed by atoms with Crippen molar-refractivity contribution in [1.29, 1.82) is 0 Å². The molecule has 0 saturated heterocycles. The van der Waals surface area contributed by atoms with Gasteiger partial charge in [-0.1, -0.05) is 15.9 Å². The molecule has 0 radical (unpaired) electrons. The first-order chi connectivity index (χ1) is 10.6. The highest BCUT2D eigenvalue weighted by atomic mass is 79.9. The van der Waals surface area contributed by atoms with Crippen LogP contribution < -0.4 is 5.11 Å². The molecule has 23 heavy (non-hydrogen) atoms. The minimum Gasteiger partial charge on any atom is -0.823 e. The van der Waals surface area contributed by atoms with Crippen molar-refractivity contribution in [3.63, 3.8) is 0 Å². The standard InChI is InChI=1S/C13H6BrF3NO5/c1-22-11(20)8-9(13(15,16)17)23-18-10(19)6-3-2-5(14)4-7(6)12(8,18)21/h2-4H,1H3/q-1. The lowest BCUT2D eigenvalue weighted by atomic mass is 9.93. The fourth-order valence-electron chi connectivity index (χ4n) is 2.50. The number of halogens is 4. The molecule has 0 bridgehead atoms. The number of carbonyl (C=O) groups is 2. The van der Waals surface area contributed by atoms with E-state index in [9.17, 15) is 27.9 Å². The Kier molecular flexibility index (Phi) is 3.24. The van der Waals surface area contributed by atoms with Crippen LogP contribution in [0.25, 0.3) is 0 Å². The second kappa shape index (κ2) is 4.71. The van der Waals surface area contributed by atoms with Gasteiger partial charge in [0.2, 0.25) is 5.76 Å². The van der Waals surface area contributed by atoms with Gasteiger partial charge >= 0.3 is 12.1 Å². The number of hydrogen-bond acceptors (Lipinski definition) is 5. The number of alkyl halides is 3. The van der Waals surface area contributed by atoms with Crippen LogP contribution in [-0.2, 0) is 20.1 Å². The molecule has 0 spiro atoms. The number of amides is 1. The van der Waals surface area contributed by atoms with Gasteiger partial charge < -0.3 is 14.7 Å². The molecule has 0 aromatic heterocycles. The summed E-state index contributed by atoms with van der Waals surface area (Å²) in [5.74, 6) is -4.43. The average Bonchev–Trinajstić information content (AvgIpc) is 2.89. The minimum absolute atomic E-state index is 0.0131. The molecule has 6 nitrogen and oxygen atoms in total. The van der Waals surface area contributed by atoms with E-state index >= 15 is 0 Å². The van der Waals surface area contributed by atoms with Crippen molar-refractivity contribution in [1.82, 2.24) is 5.06 Å². The van der Waals surface area contributed by atoms with Crippen molar-refractivity contribution < 1.29 is 37.4 Å². The first-order valence-corrected chi connectivity index (χ1v) is 6.85. The summed E-state index contributed by atoms with van der Waals surface area (Å²) in [5, 5.41) is 13.2. The monoisotopic (exact) mass is 392 g/mol. The van der Waals surface area contributed by atoms with Crippen LogP contribution in [0.1, 0.15) is 15.9 Å². The summed E-state index contributed by atoms with van der Waals surface area (Å²) in [6.45, 7) is 0. The number of benzene rings is 1. The topological polar surface area (TPSA) is 78.9 Å². The molecule has 0 saturated carbocycles. The van der Waals surface area contributed by atoms with E-state index in [2.05, 4.69) is 25.5 Å². The van der Waals surface area contributed by atoms with Crippen molar-refractivity contribution in [2.24, 2.45) is 0 Å². The van der Waals surface area contributed by atoms with Gasteiger partial charge in [-0.15, -0.1) is 0 Å².